The summed E-state index contributed by atoms with van der Waals surface area (Å²) in [6.45, 7) is 0. The maximum absolute atomic E-state index is 10.3. The van der Waals surface area contributed by atoms with Gasteiger partial charge < -0.3 is 19.8 Å². The molecule has 1 aromatic carbocycles. The van der Waals surface area contributed by atoms with E-state index < -0.39 is 11.9 Å². The van der Waals surface area contributed by atoms with Crippen LogP contribution < -0.4 is 10.2 Å². The third-order valence-electron chi connectivity index (χ3n) is 1.33. The molecule has 0 aliphatic carbocycles. The van der Waals surface area contributed by atoms with Gasteiger partial charge in [0.25, 0.3) is 0 Å². The van der Waals surface area contributed by atoms with E-state index >= 15 is 0 Å². The summed E-state index contributed by atoms with van der Waals surface area (Å²) in [5.41, 5.74) is -0.339. The Morgan fingerprint density at radius 2 is 1.38 bits per heavy atom. The first-order valence-corrected chi connectivity index (χ1v) is 3.14. The topological polar surface area (TPSA) is 80.3 Å². The number of carbonyl (C=O) groups excluding carboxylic acids is 2. The summed E-state index contributed by atoms with van der Waals surface area (Å²) in [5, 5.41) is 20.5. The number of aromatic carboxylic acids is 2. The predicted octanol–water partition coefficient (Wildman–Crippen LogP) is -1.59. The maximum Gasteiger partial charge on any atom is 2.00 e. The van der Waals surface area contributed by atoms with E-state index in [9.17, 15) is 19.8 Å². The molecule has 0 N–H and O–H groups in total. The fourth-order valence-electron chi connectivity index (χ4n) is 0.773. The molecule has 1 radical (unpaired) electrons. The van der Waals surface area contributed by atoms with Gasteiger partial charge in [-0.25, -0.2) is 0 Å². The quantitative estimate of drug-likeness (QED) is 0.605. The molecule has 13 heavy (non-hydrogen) atoms. The van der Waals surface area contributed by atoms with Crippen LogP contribution in [-0.4, -0.2) is 11.9 Å². The van der Waals surface area contributed by atoms with Crippen molar-refractivity contribution in [3.8, 4) is 0 Å². The molecule has 0 unspecified atom stereocenters. The van der Waals surface area contributed by atoms with Gasteiger partial charge >= 0.3 is 16.8 Å². The molecule has 5 heteroatoms. The van der Waals surface area contributed by atoms with Gasteiger partial charge in [0.1, 0.15) is 0 Å². The third-order valence-corrected chi connectivity index (χ3v) is 1.33. The zero-order chi connectivity index (χ0) is 9.14. The van der Waals surface area contributed by atoms with Gasteiger partial charge in [-0.05, 0) is 17.2 Å². The fourth-order valence-corrected chi connectivity index (χ4v) is 0.773. The molecule has 0 atom stereocenters. The van der Waals surface area contributed by atoms with Crippen molar-refractivity contribution in [1.29, 1.82) is 0 Å². The molecule has 0 aromatic heterocycles. The number of rotatable bonds is 2. The Bertz CT molecular complexity index is 305. The van der Waals surface area contributed by atoms with E-state index in [0.717, 1.165) is 6.07 Å². The first kappa shape index (κ1) is 11.7. The van der Waals surface area contributed by atoms with E-state index in [1.165, 1.54) is 18.2 Å². The van der Waals surface area contributed by atoms with Crippen LogP contribution in [0.4, 0.5) is 0 Å². The zero-order valence-electron chi connectivity index (χ0n) is 6.28. The zero-order valence-corrected chi connectivity index (χ0v) is 7.32. The second kappa shape index (κ2) is 4.63. The normalized spacial score (nSPS) is 8.62. The summed E-state index contributed by atoms with van der Waals surface area (Å²) in [5.74, 6) is -2.81. The van der Waals surface area contributed by atoms with Crippen LogP contribution >= 0.6 is 0 Å². The van der Waals surface area contributed by atoms with Crippen molar-refractivity contribution in [3.63, 3.8) is 0 Å². The van der Waals surface area contributed by atoms with Crippen LogP contribution in [0, 0.1) is 0 Å². The Hall–Kier alpha value is -1.33. The molecular weight excluding hydrogens is 219 g/mol. The van der Waals surface area contributed by atoms with Gasteiger partial charge in [-0.15, -0.1) is 0 Å². The summed E-state index contributed by atoms with van der Waals surface area (Å²) in [6, 6.07) is 4.81. The molecule has 0 saturated carbocycles. The molecule has 0 aliphatic rings. The minimum atomic E-state index is -1.40. The van der Waals surface area contributed by atoms with Gasteiger partial charge in [-0.1, -0.05) is 18.2 Å². The third kappa shape index (κ3) is 2.88. The van der Waals surface area contributed by atoms with E-state index in [4.69, 9.17) is 0 Å². The van der Waals surface area contributed by atoms with E-state index in [1.54, 1.807) is 0 Å². The number of benzene rings is 1. The van der Waals surface area contributed by atoms with Crippen LogP contribution in [0.5, 0.6) is 0 Å². The van der Waals surface area contributed by atoms with Crippen LogP contribution in [0.2, 0.25) is 0 Å². The molecule has 0 heterocycles. The monoisotopic (exact) mass is 223 g/mol. The van der Waals surface area contributed by atoms with Crippen molar-refractivity contribution < 1.29 is 36.6 Å². The standard InChI is InChI=1S/C8H6O4.Co/c9-7(10)5-2-1-3-6(4-5)8(11)12;/h1-4H,(H,9,10)(H,11,12);/q;+2/p-2. The molecule has 0 bridgehead atoms. The predicted molar refractivity (Wildman–Crippen MR) is 35.1 cm³/mol. The van der Waals surface area contributed by atoms with E-state index in [1.807, 2.05) is 0 Å². The molecule has 0 saturated heterocycles. The van der Waals surface area contributed by atoms with Gasteiger partial charge in [0.05, 0.1) is 11.9 Å². The number of carboxylic acid groups (broad SMARTS) is 2. The molecule has 69 valence electrons. The molecule has 0 spiro atoms. The van der Waals surface area contributed by atoms with Crippen LogP contribution in [0.1, 0.15) is 20.7 Å². The summed E-state index contributed by atoms with van der Waals surface area (Å²) in [7, 11) is 0. The van der Waals surface area contributed by atoms with Crippen molar-refractivity contribution in [1.82, 2.24) is 0 Å². The van der Waals surface area contributed by atoms with E-state index in [2.05, 4.69) is 0 Å². The Morgan fingerprint density at radius 3 is 1.69 bits per heavy atom. The number of hydrogen-bond donors (Lipinski definition) is 0. The molecule has 1 rings (SSSR count). The summed E-state index contributed by atoms with van der Waals surface area (Å²) in [6.07, 6.45) is 0. The van der Waals surface area contributed by atoms with Crippen molar-refractivity contribution in [3.05, 3.63) is 35.4 Å². The smallest absolute Gasteiger partial charge is 0.545 e. The average Bonchev–Trinajstić information content (AvgIpc) is 2.04. The van der Waals surface area contributed by atoms with Crippen molar-refractivity contribution >= 4 is 11.9 Å². The second-order valence-electron chi connectivity index (χ2n) is 2.16. The molecule has 4 nitrogen and oxygen atoms in total. The number of hydrogen-bond acceptors (Lipinski definition) is 4. The van der Waals surface area contributed by atoms with Gasteiger partial charge in [0.2, 0.25) is 0 Å². The molecule has 1 aromatic rings. The first-order chi connectivity index (χ1) is 5.61. The van der Waals surface area contributed by atoms with Gasteiger partial charge in [0.15, 0.2) is 0 Å². The largest absolute Gasteiger partial charge is 2.00 e. The van der Waals surface area contributed by atoms with Crippen LogP contribution in [0.25, 0.3) is 0 Å². The summed E-state index contributed by atoms with van der Waals surface area (Å²) >= 11 is 0. The van der Waals surface area contributed by atoms with E-state index in [0.29, 0.717) is 0 Å². The Kier molecular flexibility index (Phi) is 4.16. The minimum Gasteiger partial charge on any atom is -0.545 e. The summed E-state index contributed by atoms with van der Waals surface area (Å²) in [4.78, 5) is 20.5. The number of carboxylic acids is 2. The molecule has 0 amide bonds. The van der Waals surface area contributed by atoms with Crippen LogP contribution in [-0.2, 0) is 16.8 Å². The average molecular weight is 223 g/mol. The van der Waals surface area contributed by atoms with Crippen molar-refractivity contribution in [2.45, 2.75) is 0 Å². The molecular formula is C8H4CoO4. The Balaban J connectivity index is 0.00000144. The van der Waals surface area contributed by atoms with Crippen LogP contribution in [0.3, 0.4) is 0 Å². The van der Waals surface area contributed by atoms with Gasteiger partial charge in [-0.3, -0.25) is 0 Å². The second-order valence-corrected chi connectivity index (χ2v) is 2.16. The van der Waals surface area contributed by atoms with Crippen molar-refractivity contribution in [2.24, 2.45) is 0 Å². The first-order valence-electron chi connectivity index (χ1n) is 3.14. The Morgan fingerprint density at radius 1 is 1.00 bits per heavy atom. The molecule has 0 fully saturated rings. The van der Waals surface area contributed by atoms with Crippen LogP contribution in [0.15, 0.2) is 24.3 Å². The Labute approximate surface area is 84.4 Å². The van der Waals surface area contributed by atoms with E-state index in [-0.39, 0.29) is 27.9 Å². The minimum absolute atomic E-state index is 0. The fraction of sp³-hybridized carbons (Fsp3) is 0. The molecule has 0 aliphatic heterocycles. The van der Waals surface area contributed by atoms with Gasteiger partial charge in [0, 0.05) is 0 Å². The summed E-state index contributed by atoms with van der Waals surface area (Å²) < 4.78 is 0. The number of carbonyl (C=O) groups is 2. The SMILES string of the molecule is O=C([O-])c1cccc(C(=O)[O-])c1.[Co+2]. The van der Waals surface area contributed by atoms with Gasteiger partial charge in [-0.2, -0.15) is 0 Å². The van der Waals surface area contributed by atoms with Crippen molar-refractivity contribution in [2.75, 3.05) is 0 Å². The maximum atomic E-state index is 10.3.